The van der Waals surface area contributed by atoms with Crippen LogP contribution in [-0.2, 0) is 4.74 Å². The van der Waals surface area contributed by atoms with Crippen LogP contribution in [0.25, 0.3) is 0 Å². The number of methoxy groups -OCH3 is 1. The van der Waals surface area contributed by atoms with Gasteiger partial charge in [0.2, 0.25) is 0 Å². The van der Waals surface area contributed by atoms with E-state index in [9.17, 15) is 5.11 Å². The zero-order valence-corrected chi connectivity index (χ0v) is 13.2. The van der Waals surface area contributed by atoms with E-state index in [1.165, 1.54) is 32.1 Å². The van der Waals surface area contributed by atoms with E-state index in [-0.39, 0.29) is 12.6 Å². The fourth-order valence-electron chi connectivity index (χ4n) is 2.56. The molecule has 5 heteroatoms. The van der Waals surface area contributed by atoms with Crippen LogP contribution in [0.4, 0.5) is 0 Å². The molecule has 3 N–H and O–H groups in total. The molecule has 1 atom stereocenters. The fraction of sp³-hybridized carbons (Fsp3) is 0.929. The highest BCUT2D eigenvalue weighted by Crippen LogP contribution is 2.26. The minimum atomic E-state index is -0.395. The van der Waals surface area contributed by atoms with Gasteiger partial charge in [-0.05, 0) is 44.8 Å². The predicted octanol–water partition coefficient (Wildman–Crippen LogP) is 1.82. The minimum absolute atomic E-state index is 0.0488. The van der Waals surface area contributed by atoms with Gasteiger partial charge >= 0.3 is 0 Å². The zero-order chi connectivity index (χ0) is 14.3. The van der Waals surface area contributed by atoms with Crippen molar-refractivity contribution in [3.63, 3.8) is 0 Å². The van der Waals surface area contributed by atoms with Gasteiger partial charge in [0.15, 0.2) is 5.11 Å². The Balaban J connectivity index is 2.50. The lowest BCUT2D eigenvalue weighted by Gasteiger charge is -2.33. The van der Waals surface area contributed by atoms with Gasteiger partial charge < -0.3 is 20.5 Å². The van der Waals surface area contributed by atoms with Crippen LogP contribution in [0.1, 0.15) is 46.0 Å². The Morgan fingerprint density at radius 1 is 1.37 bits per heavy atom. The van der Waals surface area contributed by atoms with Gasteiger partial charge in [0.25, 0.3) is 0 Å². The average Bonchev–Trinajstić information content (AvgIpc) is 2.38. The highest BCUT2D eigenvalue weighted by atomic mass is 32.1. The first-order valence-corrected chi connectivity index (χ1v) is 7.58. The monoisotopic (exact) mass is 288 g/mol. The summed E-state index contributed by atoms with van der Waals surface area (Å²) in [6.07, 6.45) is 6.43. The van der Waals surface area contributed by atoms with Crippen molar-refractivity contribution in [2.24, 2.45) is 5.92 Å². The maximum absolute atomic E-state index is 9.25. The summed E-state index contributed by atoms with van der Waals surface area (Å²) >= 11 is 5.34. The summed E-state index contributed by atoms with van der Waals surface area (Å²) in [5.74, 6) is 0.630. The SMILES string of the molecule is COCC(NC(=S)NC(C)(C)CO)C1CCCCC1. The third kappa shape index (κ3) is 6.06. The molecular weight excluding hydrogens is 260 g/mol. The molecular formula is C14H28N2O2S. The molecule has 19 heavy (non-hydrogen) atoms. The van der Waals surface area contributed by atoms with Gasteiger partial charge in [-0.2, -0.15) is 0 Å². The summed E-state index contributed by atoms with van der Waals surface area (Å²) in [4.78, 5) is 0. The van der Waals surface area contributed by atoms with E-state index in [1.54, 1.807) is 7.11 Å². The molecule has 0 aromatic carbocycles. The Morgan fingerprint density at radius 2 is 2.00 bits per heavy atom. The number of thiocarbonyl (C=S) groups is 1. The van der Waals surface area contributed by atoms with Crippen molar-refractivity contribution in [2.75, 3.05) is 20.3 Å². The number of nitrogens with one attached hydrogen (secondary N) is 2. The van der Waals surface area contributed by atoms with Gasteiger partial charge in [0, 0.05) is 7.11 Å². The quantitative estimate of drug-likeness (QED) is 0.651. The molecule has 1 fully saturated rings. The Hall–Kier alpha value is -0.390. The van der Waals surface area contributed by atoms with E-state index in [0.717, 1.165) is 0 Å². The molecule has 1 unspecified atom stereocenters. The number of ether oxygens (including phenoxy) is 1. The van der Waals surface area contributed by atoms with Crippen LogP contribution < -0.4 is 10.6 Å². The van der Waals surface area contributed by atoms with Crippen molar-refractivity contribution in [3.8, 4) is 0 Å². The second-order valence-corrected chi connectivity index (χ2v) is 6.51. The van der Waals surface area contributed by atoms with Crippen LogP contribution in [0.15, 0.2) is 0 Å². The molecule has 0 aromatic heterocycles. The van der Waals surface area contributed by atoms with Crippen LogP contribution in [0.3, 0.4) is 0 Å². The van der Waals surface area contributed by atoms with Gasteiger partial charge in [-0.25, -0.2) is 0 Å². The lowest BCUT2D eigenvalue weighted by Crippen LogP contribution is -2.55. The number of aliphatic hydroxyl groups excluding tert-OH is 1. The van der Waals surface area contributed by atoms with Gasteiger partial charge in [-0.3, -0.25) is 0 Å². The normalized spacial score (nSPS) is 18.9. The summed E-state index contributed by atoms with van der Waals surface area (Å²) in [6, 6.07) is 0.264. The van der Waals surface area contributed by atoms with Crippen molar-refractivity contribution < 1.29 is 9.84 Å². The molecule has 0 aliphatic heterocycles. The van der Waals surface area contributed by atoms with Crippen LogP contribution in [0.2, 0.25) is 0 Å². The molecule has 112 valence electrons. The Labute approximate surface area is 122 Å². The molecule has 0 spiro atoms. The van der Waals surface area contributed by atoms with E-state index in [0.29, 0.717) is 17.6 Å². The van der Waals surface area contributed by atoms with E-state index in [2.05, 4.69) is 10.6 Å². The first-order chi connectivity index (χ1) is 8.98. The zero-order valence-electron chi connectivity index (χ0n) is 12.4. The van der Waals surface area contributed by atoms with E-state index in [1.807, 2.05) is 13.8 Å². The van der Waals surface area contributed by atoms with Crippen LogP contribution in [-0.4, -0.2) is 42.1 Å². The third-order valence-corrected chi connectivity index (χ3v) is 3.95. The molecule has 0 aromatic rings. The summed E-state index contributed by atoms with van der Waals surface area (Å²) in [6.45, 7) is 4.57. The second-order valence-electron chi connectivity index (χ2n) is 6.10. The standard InChI is InChI=1S/C14H28N2O2S/c1-14(2,10-17)16-13(19)15-12(9-18-3)11-7-5-4-6-8-11/h11-12,17H,4-10H2,1-3H3,(H2,15,16,19). The predicted molar refractivity (Wildman–Crippen MR) is 82.3 cm³/mol. The van der Waals surface area contributed by atoms with Crippen molar-refractivity contribution in [2.45, 2.75) is 57.5 Å². The lowest BCUT2D eigenvalue weighted by molar-refractivity contribution is 0.134. The van der Waals surface area contributed by atoms with E-state index in [4.69, 9.17) is 17.0 Å². The van der Waals surface area contributed by atoms with Gasteiger partial charge in [-0.1, -0.05) is 19.3 Å². The maximum Gasteiger partial charge on any atom is 0.167 e. The first-order valence-electron chi connectivity index (χ1n) is 7.17. The number of rotatable bonds is 6. The first kappa shape index (κ1) is 16.7. The summed E-state index contributed by atoms with van der Waals surface area (Å²) in [5, 5.41) is 16.4. The van der Waals surface area contributed by atoms with Crippen LogP contribution >= 0.6 is 12.2 Å². The summed E-state index contributed by atoms with van der Waals surface area (Å²) in [7, 11) is 1.73. The van der Waals surface area contributed by atoms with Gasteiger partial charge in [0.1, 0.15) is 0 Å². The molecule has 0 radical (unpaired) electrons. The Morgan fingerprint density at radius 3 is 2.53 bits per heavy atom. The molecule has 1 aliphatic carbocycles. The molecule has 1 saturated carbocycles. The molecule has 0 amide bonds. The Bertz CT molecular complexity index is 279. The molecule has 0 bridgehead atoms. The lowest BCUT2D eigenvalue weighted by atomic mass is 9.84. The minimum Gasteiger partial charge on any atom is -0.394 e. The molecule has 1 rings (SSSR count). The highest BCUT2D eigenvalue weighted by molar-refractivity contribution is 7.80. The van der Waals surface area contributed by atoms with E-state index >= 15 is 0 Å². The maximum atomic E-state index is 9.25. The summed E-state index contributed by atoms with van der Waals surface area (Å²) in [5.41, 5.74) is -0.395. The number of hydrogen-bond acceptors (Lipinski definition) is 3. The Kier molecular flexibility index (Phi) is 7.04. The van der Waals surface area contributed by atoms with Gasteiger partial charge in [0.05, 0.1) is 24.8 Å². The second kappa shape index (κ2) is 8.02. The summed E-state index contributed by atoms with van der Waals surface area (Å²) < 4.78 is 5.32. The average molecular weight is 288 g/mol. The van der Waals surface area contributed by atoms with Crippen molar-refractivity contribution in [1.82, 2.24) is 10.6 Å². The van der Waals surface area contributed by atoms with E-state index < -0.39 is 5.54 Å². The van der Waals surface area contributed by atoms with Crippen molar-refractivity contribution in [3.05, 3.63) is 0 Å². The highest BCUT2D eigenvalue weighted by Gasteiger charge is 2.25. The van der Waals surface area contributed by atoms with Crippen LogP contribution in [0, 0.1) is 5.92 Å². The molecule has 0 heterocycles. The van der Waals surface area contributed by atoms with Gasteiger partial charge in [-0.15, -0.1) is 0 Å². The van der Waals surface area contributed by atoms with Crippen molar-refractivity contribution >= 4 is 17.3 Å². The number of hydrogen-bond donors (Lipinski definition) is 3. The topological polar surface area (TPSA) is 53.5 Å². The van der Waals surface area contributed by atoms with Crippen molar-refractivity contribution in [1.29, 1.82) is 0 Å². The third-order valence-electron chi connectivity index (χ3n) is 3.73. The smallest absolute Gasteiger partial charge is 0.167 e. The molecule has 0 saturated heterocycles. The number of aliphatic hydroxyl groups is 1. The molecule has 4 nitrogen and oxygen atoms in total. The molecule has 1 aliphatic rings. The largest absolute Gasteiger partial charge is 0.394 e. The fourth-order valence-corrected chi connectivity index (χ4v) is 2.99. The van der Waals surface area contributed by atoms with Crippen LogP contribution in [0.5, 0.6) is 0 Å².